The van der Waals surface area contributed by atoms with Gasteiger partial charge in [0.1, 0.15) is 5.69 Å². The zero-order chi connectivity index (χ0) is 26.5. The summed E-state index contributed by atoms with van der Waals surface area (Å²) in [4.78, 5) is 24.5. The largest absolute Gasteiger partial charge is 0.462 e. The van der Waals surface area contributed by atoms with Gasteiger partial charge in [0, 0.05) is 7.05 Å². The molecule has 0 aliphatic rings. The second-order valence-corrected chi connectivity index (χ2v) is 6.67. The van der Waals surface area contributed by atoms with Gasteiger partial charge in [-0.25, -0.2) is 4.68 Å². The third-order valence-electron chi connectivity index (χ3n) is 4.44. The zero-order valence-corrected chi connectivity index (χ0v) is 16.7. The molecule has 0 spiro atoms. The fraction of sp³-hybridized carbons (Fsp3) is 0.412. The minimum Gasteiger partial charge on any atom is -0.315 e. The molecule has 0 aliphatic carbocycles. The molecule has 1 aromatic carbocycles. The maximum atomic E-state index is 14.4. The SMILES string of the molecule is Cc1c(NC(=O)[C@@](F)(OC(F)(F)C(F)(F)C(F)(F)F)C(F)(F)F)c(=O)n(-c2ccccc2)n1C. The van der Waals surface area contributed by atoms with Crippen LogP contribution in [0.5, 0.6) is 0 Å². The molecule has 6 nitrogen and oxygen atoms in total. The minimum absolute atomic E-state index is 0.0773. The Morgan fingerprint density at radius 3 is 1.82 bits per heavy atom. The van der Waals surface area contributed by atoms with Crippen molar-refractivity contribution in [2.24, 2.45) is 7.05 Å². The normalized spacial score (nSPS) is 15.2. The molecule has 2 rings (SSSR count). The zero-order valence-electron chi connectivity index (χ0n) is 16.7. The van der Waals surface area contributed by atoms with Crippen LogP contribution in [0.4, 0.5) is 54.0 Å². The summed E-state index contributed by atoms with van der Waals surface area (Å²) in [5.74, 6) is -17.1. The summed E-state index contributed by atoms with van der Waals surface area (Å²) in [6, 6.07) is 7.02. The lowest BCUT2D eigenvalue weighted by molar-refractivity contribution is -0.472. The van der Waals surface area contributed by atoms with E-state index >= 15 is 0 Å². The number of anilines is 1. The van der Waals surface area contributed by atoms with Crippen LogP contribution in [0, 0.1) is 6.92 Å². The van der Waals surface area contributed by atoms with Crippen LogP contribution < -0.4 is 10.9 Å². The van der Waals surface area contributed by atoms with Crippen LogP contribution >= 0.6 is 0 Å². The van der Waals surface area contributed by atoms with Crippen LogP contribution in [-0.2, 0) is 16.6 Å². The Bertz CT molecular complexity index is 1120. The first-order chi connectivity index (χ1) is 15.2. The molecule has 0 saturated carbocycles. The van der Waals surface area contributed by atoms with E-state index < -0.39 is 47.4 Å². The molecule has 1 aromatic heterocycles. The Morgan fingerprint density at radius 1 is 0.882 bits per heavy atom. The molecule has 0 radical (unpaired) electrons. The number of carbonyl (C=O) groups excluding carboxylic acids is 1. The standard InChI is InChI=1S/C17H12F11N3O3/c1-8-10(11(32)31(30(8)2)9-6-4-3-5-7-9)29-12(33)13(18,15(21,22)23)34-17(27,28)14(19,20)16(24,25)26/h3-7H,1-2H3,(H,29,33)/t13-/m1/s1. The van der Waals surface area contributed by atoms with E-state index in [2.05, 4.69) is 4.74 Å². The molecular weight excluding hydrogens is 503 g/mol. The Balaban J connectivity index is 2.54. The highest BCUT2D eigenvalue weighted by atomic mass is 19.4. The third-order valence-corrected chi connectivity index (χ3v) is 4.44. The van der Waals surface area contributed by atoms with Crippen LogP contribution in [0.3, 0.4) is 0 Å². The predicted molar refractivity (Wildman–Crippen MR) is 91.3 cm³/mol. The highest BCUT2D eigenvalue weighted by molar-refractivity contribution is 5.97. The van der Waals surface area contributed by atoms with Crippen LogP contribution in [0.1, 0.15) is 5.69 Å². The maximum absolute atomic E-state index is 14.4. The molecule has 190 valence electrons. The number of alkyl halides is 11. The molecule has 1 N–H and O–H groups in total. The number of carbonyl (C=O) groups is 1. The number of nitrogens with one attached hydrogen (secondary N) is 1. The van der Waals surface area contributed by atoms with E-state index in [0.717, 1.165) is 28.7 Å². The highest BCUT2D eigenvalue weighted by Crippen LogP contribution is 2.51. The summed E-state index contributed by atoms with van der Waals surface area (Å²) in [6.45, 7) is 1.01. The molecular formula is C17H12F11N3O3. The summed E-state index contributed by atoms with van der Waals surface area (Å²) < 4.78 is 147. The van der Waals surface area contributed by atoms with Crippen molar-refractivity contribution in [1.29, 1.82) is 0 Å². The van der Waals surface area contributed by atoms with Crippen molar-refractivity contribution in [1.82, 2.24) is 9.36 Å². The van der Waals surface area contributed by atoms with E-state index in [1.165, 1.54) is 30.3 Å². The molecule has 0 fully saturated rings. The van der Waals surface area contributed by atoms with Crippen LogP contribution in [0.25, 0.3) is 5.69 Å². The van der Waals surface area contributed by atoms with Gasteiger partial charge < -0.3 is 5.32 Å². The van der Waals surface area contributed by atoms with Gasteiger partial charge >= 0.3 is 30.2 Å². The lowest BCUT2D eigenvalue weighted by Crippen LogP contribution is -2.62. The number of aromatic nitrogens is 2. The van der Waals surface area contributed by atoms with Crippen molar-refractivity contribution in [2.75, 3.05) is 5.32 Å². The molecule has 1 heterocycles. The molecule has 0 aliphatic heterocycles. The molecule has 34 heavy (non-hydrogen) atoms. The summed E-state index contributed by atoms with van der Waals surface area (Å²) in [6.07, 6.45) is -21.3. The van der Waals surface area contributed by atoms with Gasteiger partial charge in [0.2, 0.25) is 0 Å². The van der Waals surface area contributed by atoms with Crippen molar-refractivity contribution in [3.8, 4) is 5.69 Å². The third kappa shape index (κ3) is 4.35. The number of hydrogen-bond donors (Lipinski definition) is 1. The number of ether oxygens (including phenoxy) is 1. The molecule has 0 unspecified atom stereocenters. The number of rotatable bonds is 6. The summed E-state index contributed by atoms with van der Waals surface area (Å²) in [7, 11) is 1.15. The second-order valence-electron chi connectivity index (χ2n) is 6.67. The minimum atomic E-state index is -7.33. The Hall–Kier alpha value is -3.11. The van der Waals surface area contributed by atoms with Crippen molar-refractivity contribution in [3.63, 3.8) is 0 Å². The van der Waals surface area contributed by atoms with E-state index in [0.29, 0.717) is 0 Å². The highest BCUT2D eigenvalue weighted by Gasteiger charge is 2.79. The van der Waals surface area contributed by atoms with Gasteiger partial charge in [0.15, 0.2) is 0 Å². The van der Waals surface area contributed by atoms with Crippen molar-refractivity contribution in [2.45, 2.75) is 37.2 Å². The van der Waals surface area contributed by atoms with E-state index in [1.54, 1.807) is 0 Å². The van der Waals surface area contributed by atoms with Gasteiger partial charge in [-0.15, -0.1) is 0 Å². The first-order valence-corrected chi connectivity index (χ1v) is 8.62. The van der Waals surface area contributed by atoms with Gasteiger partial charge in [0.05, 0.1) is 11.4 Å². The van der Waals surface area contributed by atoms with E-state index in [-0.39, 0.29) is 11.4 Å². The number of para-hydroxylation sites is 1. The van der Waals surface area contributed by atoms with E-state index in [9.17, 15) is 57.9 Å². The van der Waals surface area contributed by atoms with Crippen molar-refractivity contribution in [3.05, 3.63) is 46.4 Å². The summed E-state index contributed by atoms with van der Waals surface area (Å²) in [5, 5.41) is 0.997. The number of benzene rings is 1. The second kappa shape index (κ2) is 8.28. The Kier molecular flexibility index (Phi) is 6.61. The van der Waals surface area contributed by atoms with Gasteiger partial charge in [-0.1, -0.05) is 18.2 Å². The average Bonchev–Trinajstić information content (AvgIpc) is 2.89. The number of amides is 1. The maximum Gasteiger partial charge on any atom is 0.462 e. The molecule has 1 amide bonds. The predicted octanol–water partition coefficient (Wildman–Crippen LogP) is 4.46. The quantitative estimate of drug-likeness (QED) is 0.579. The topological polar surface area (TPSA) is 65.3 Å². The lowest BCUT2D eigenvalue weighted by Gasteiger charge is -2.34. The number of halogens is 11. The molecule has 1 atom stereocenters. The fourth-order valence-corrected chi connectivity index (χ4v) is 2.54. The van der Waals surface area contributed by atoms with E-state index in [1.807, 2.05) is 0 Å². The molecule has 17 heteroatoms. The lowest BCUT2D eigenvalue weighted by atomic mass is 10.2. The number of hydrogen-bond acceptors (Lipinski definition) is 3. The smallest absolute Gasteiger partial charge is 0.315 e. The Morgan fingerprint density at radius 2 is 1.38 bits per heavy atom. The van der Waals surface area contributed by atoms with Crippen molar-refractivity contribution >= 4 is 11.6 Å². The first-order valence-electron chi connectivity index (χ1n) is 8.62. The Labute approximate surface area is 181 Å². The molecule has 2 aromatic rings. The summed E-state index contributed by atoms with van der Waals surface area (Å²) >= 11 is 0. The monoisotopic (exact) mass is 515 g/mol. The van der Waals surface area contributed by atoms with Gasteiger partial charge in [-0.05, 0) is 19.1 Å². The van der Waals surface area contributed by atoms with Crippen LogP contribution in [0.2, 0.25) is 0 Å². The van der Waals surface area contributed by atoms with Gasteiger partial charge in [-0.3, -0.25) is 19.0 Å². The average molecular weight is 515 g/mol. The summed E-state index contributed by atoms with van der Waals surface area (Å²) in [5.41, 5.74) is -2.75. The fourth-order valence-electron chi connectivity index (χ4n) is 2.54. The van der Waals surface area contributed by atoms with Gasteiger partial charge in [0.25, 0.3) is 11.5 Å². The van der Waals surface area contributed by atoms with Crippen molar-refractivity contribution < 1.29 is 57.8 Å². The molecule has 0 saturated heterocycles. The number of nitrogens with zero attached hydrogens (tertiary/aromatic N) is 2. The molecule has 0 bridgehead atoms. The van der Waals surface area contributed by atoms with E-state index in [4.69, 9.17) is 0 Å². The van der Waals surface area contributed by atoms with Crippen LogP contribution in [0.15, 0.2) is 35.1 Å². The first kappa shape index (κ1) is 27.1. The van der Waals surface area contributed by atoms with Gasteiger partial charge in [-0.2, -0.15) is 48.3 Å². The van der Waals surface area contributed by atoms with Crippen LogP contribution in [-0.4, -0.2) is 45.5 Å².